The van der Waals surface area contributed by atoms with Gasteiger partial charge in [0, 0.05) is 18.3 Å². The van der Waals surface area contributed by atoms with Crippen LogP contribution in [-0.2, 0) is 0 Å². The molecule has 1 N–H and O–H groups in total. The first-order valence-corrected chi connectivity index (χ1v) is 9.42. The number of nitrogens with zero attached hydrogens (tertiary/aromatic N) is 3. The minimum Gasteiger partial charge on any atom is -0.351 e. The number of pyridine rings is 1. The van der Waals surface area contributed by atoms with Gasteiger partial charge in [-0.05, 0) is 41.8 Å². The average Bonchev–Trinajstić information content (AvgIpc) is 3.16. The summed E-state index contributed by atoms with van der Waals surface area (Å²) in [5.74, 6) is 0.0804. The highest BCUT2D eigenvalue weighted by molar-refractivity contribution is 6.32. The van der Waals surface area contributed by atoms with E-state index in [2.05, 4.69) is 34.3 Å². The molecule has 0 radical (unpaired) electrons. The lowest BCUT2D eigenvalue weighted by Crippen LogP contribution is -2.27. The maximum atomic E-state index is 12.7. The van der Waals surface area contributed by atoms with E-state index in [4.69, 9.17) is 11.6 Å². The first-order valence-electron chi connectivity index (χ1n) is 9.04. The predicted octanol–water partition coefficient (Wildman–Crippen LogP) is 4.61. The summed E-state index contributed by atoms with van der Waals surface area (Å²) in [5, 5.41) is 3.53. The van der Waals surface area contributed by atoms with Crippen LogP contribution in [0.1, 0.15) is 28.8 Å². The van der Waals surface area contributed by atoms with E-state index in [0.717, 1.165) is 5.52 Å². The zero-order valence-electron chi connectivity index (χ0n) is 15.3. The van der Waals surface area contributed by atoms with Gasteiger partial charge in [0.05, 0.1) is 10.7 Å². The van der Waals surface area contributed by atoms with E-state index in [0.29, 0.717) is 28.5 Å². The molecule has 0 saturated carbocycles. The van der Waals surface area contributed by atoms with Crippen LogP contribution < -0.4 is 5.32 Å². The van der Waals surface area contributed by atoms with Gasteiger partial charge < -0.3 is 5.32 Å². The number of hydrogen-bond donors (Lipinski definition) is 1. The Morgan fingerprint density at radius 3 is 2.75 bits per heavy atom. The third-order valence-corrected chi connectivity index (χ3v) is 5.03. The molecule has 2 heterocycles. The number of halogens is 1. The van der Waals surface area contributed by atoms with Crippen molar-refractivity contribution in [1.29, 1.82) is 0 Å². The molecule has 28 heavy (non-hydrogen) atoms. The lowest BCUT2D eigenvalue weighted by Gasteiger charge is -2.14. The molecule has 1 amide bonds. The van der Waals surface area contributed by atoms with Gasteiger partial charge in [-0.25, -0.2) is 9.97 Å². The van der Waals surface area contributed by atoms with Gasteiger partial charge in [0.15, 0.2) is 5.65 Å². The number of carbonyl (C=O) groups excluding carboxylic acids is 1. The van der Waals surface area contributed by atoms with Crippen molar-refractivity contribution in [2.75, 3.05) is 6.54 Å². The van der Waals surface area contributed by atoms with E-state index in [1.54, 1.807) is 35.3 Å². The van der Waals surface area contributed by atoms with Crippen molar-refractivity contribution >= 4 is 28.7 Å². The van der Waals surface area contributed by atoms with E-state index in [9.17, 15) is 4.79 Å². The summed E-state index contributed by atoms with van der Waals surface area (Å²) in [6, 6.07) is 19.0. The van der Waals surface area contributed by atoms with Gasteiger partial charge in [-0.3, -0.25) is 9.36 Å². The van der Waals surface area contributed by atoms with E-state index in [1.807, 2.05) is 30.3 Å². The number of benzene rings is 2. The molecule has 0 bridgehead atoms. The fourth-order valence-corrected chi connectivity index (χ4v) is 3.32. The molecular formula is C22H19ClN4O. The van der Waals surface area contributed by atoms with Crippen LogP contribution in [0.5, 0.6) is 0 Å². The molecule has 0 saturated heterocycles. The first-order chi connectivity index (χ1) is 13.6. The maximum Gasteiger partial charge on any atom is 0.251 e. The lowest BCUT2D eigenvalue weighted by atomic mass is 10.0. The highest BCUT2D eigenvalue weighted by Crippen LogP contribution is 2.25. The lowest BCUT2D eigenvalue weighted by molar-refractivity contribution is 0.0951. The predicted molar refractivity (Wildman–Crippen MR) is 111 cm³/mol. The van der Waals surface area contributed by atoms with Crippen molar-refractivity contribution in [3.63, 3.8) is 0 Å². The molecule has 0 spiro atoms. The van der Waals surface area contributed by atoms with Crippen LogP contribution in [0.4, 0.5) is 0 Å². The fraction of sp³-hybridized carbons (Fsp3) is 0.136. The van der Waals surface area contributed by atoms with Gasteiger partial charge in [0.1, 0.15) is 11.8 Å². The number of rotatable bonds is 5. The Morgan fingerprint density at radius 2 is 1.93 bits per heavy atom. The Balaban J connectivity index is 1.56. The molecule has 4 rings (SSSR count). The molecule has 0 unspecified atom stereocenters. The van der Waals surface area contributed by atoms with Crippen molar-refractivity contribution in [1.82, 2.24) is 19.9 Å². The molecule has 0 aliphatic rings. The maximum absolute atomic E-state index is 12.7. The fourth-order valence-electron chi connectivity index (χ4n) is 3.11. The zero-order valence-corrected chi connectivity index (χ0v) is 16.1. The van der Waals surface area contributed by atoms with Crippen molar-refractivity contribution in [3.8, 4) is 5.69 Å². The second kappa shape index (κ2) is 7.82. The molecule has 0 fully saturated rings. The Bertz CT molecular complexity index is 1120. The van der Waals surface area contributed by atoms with Crippen LogP contribution >= 0.6 is 11.6 Å². The number of hydrogen-bond acceptors (Lipinski definition) is 3. The molecule has 2 aromatic carbocycles. The number of nitrogens with one attached hydrogen (secondary N) is 1. The van der Waals surface area contributed by atoms with E-state index >= 15 is 0 Å². The molecule has 2 aromatic heterocycles. The average molecular weight is 391 g/mol. The van der Waals surface area contributed by atoms with Crippen molar-refractivity contribution in [2.45, 2.75) is 12.8 Å². The second-order valence-corrected chi connectivity index (χ2v) is 7.06. The summed E-state index contributed by atoms with van der Waals surface area (Å²) < 4.78 is 1.79. The molecule has 5 nitrogen and oxygen atoms in total. The summed E-state index contributed by atoms with van der Waals surface area (Å²) in [6.45, 7) is 2.64. The first kappa shape index (κ1) is 18.2. The minimum atomic E-state index is -0.141. The molecule has 4 aromatic rings. The number of fused-ring (bicyclic) bond motifs is 1. The molecule has 0 aliphatic carbocycles. The van der Waals surface area contributed by atoms with Gasteiger partial charge in [-0.2, -0.15) is 0 Å². The van der Waals surface area contributed by atoms with E-state index in [1.165, 1.54) is 5.56 Å². The number of amides is 1. The van der Waals surface area contributed by atoms with Gasteiger partial charge in [0.2, 0.25) is 0 Å². The quantitative estimate of drug-likeness (QED) is 0.541. The van der Waals surface area contributed by atoms with Crippen LogP contribution in [0, 0.1) is 0 Å². The van der Waals surface area contributed by atoms with Crippen molar-refractivity contribution in [3.05, 3.63) is 89.3 Å². The summed E-state index contributed by atoms with van der Waals surface area (Å²) in [7, 11) is 0. The van der Waals surface area contributed by atoms with Crippen molar-refractivity contribution < 1.29 is 4.79 Å². The van der Waals surface area contributed by atoms with Crippen LogP contribution in [0.2, 0.25) is 5.02 Å². The molecule has 1 atom stereocenters. The smallest absolute Gasteiger partial charge is 0.251 e. The largest absolute Gasteiger partial charge is 0.351 e. The van der Waals surface area contributed by atoms with Crippen molar-refractivity contribution in [2.24, 2.45) is 0 Å². The Morgan fingerprint density at radius 1 is 1.11 bits per heavy atom. The van der Waals surface area contributed by atoms with E-state index in [-0.39, 0.29) is 11.8 Å². The van der Waals surface area contributed by atoms with Gasteiger partial charge in [-0.1, -0.05) is 48.9 Å². The standard InChI is InChI=1S/C22H19ClN4O/c1-15(16-6-3-2-4-7-16)13-25-22(28)17-9-10-18(23)20(12-17)27-14-26-19-8-5-11-24-21(19)27/h2-12,14-15H,13H2,1H3,(H,25,28)/t15-/m1/s1. The minimum absolute atomic E-state index is 0.141. The third kappa shape index (κ3) is 3.62. The number of imidazole rings is 1. The Hall–Kier alpha value is -3.18. The van der Waals surface area contributed by atoms with Crippen LogP contribution in [0.15, 0.2) is 73.2 Å². The van der Waals surface area contributed by atoms with Crippen LogP contribution in [0.3, 0.4) is 0 Å². The Kier molecular flexibility index (Phi) is 5.08. The molecular weight excluding hydrogens is 372 g/mol. The molecule has 0 aliphatic heterocycles. The van der Waals surface area contributed by atoms with Gasteiger partial charge in [0.25, 0.3) is 5.91 Å². The van der Waals surface area contributed by atoms with E-state index < -0.39 is 0 Å². The topological polar surface area (TPSA) is 59.8 Å². The summed E-state index contributed by atoms with van der Waals surface area (Å²) in [5.41, 5.74) is 3.87. The summed E-state index contributed by atoms with van der Waals surface area (Å²) in [6.07, 6.45) is 3.37. The normalized spacial score (nSPS) is 12.1. The highest BCUT2D eigenvalue weighted by atomic mass is 35.5. The number of carbonyl (C=O) groups is 1. The van der Waals surface area contributed by atoms with Gasteiger partial charge >= 0.3 is 0 Å². The summed E-state index contributed by atoms with van der Waals surface area (Å²) in [4.78, 5) is 21.4. The zero-order chi connectivity index (χ0) is 19.5. The van der Waals surface area contributed by atoms with Gasteiger partial charge in [-0.15, -0.1) is 0 Å². The molecule has 6 heteroatoms. The van der Waals surface area contributed by atoms with Crippen LogP contribution in [-0.4, -0.2) is 27.0 Å². The SMILES string of the molecule is C[C@H](CNC(=O)c1ccc(Cl)c(-n2cnc3cccnc32)c1)c1ccccc1. The third-order valence-electron chi connectivity index (χ3n) is 4.71. The number of aromatic nitrogens is 3. The second-order valence-electron chi connectivity index (χ2n) is 6.65. The molecule has 140 valence electrons. The van der Waals surface area contributed by atoms with Crippen LogP contribution in [0.25, 0.3) is 16.9 Å². The summed E-state index contributed by atoms with van der Waals surface area (Å²) >= 11 is 6.39. The highest BCUT2D eigenvalue weighted by Gasteiger charge is 2.14. The monoisotopic (exact) mass is 390 g/mol. The Labute approximate surface area is 168 Å².